The number of aryl methyl sites for hydroxylation is 1. The molecule has 1 N–H and O–H groups in total. The van der Waals surface area contributed by atoms with Crippen molar-refractivity contribution in [1.29, 1.82) is 0 Å². The minimum atomic E-state index is -0.298. The van der Waals surface area contributed by atoms with Gasteiger partial charge in [-0.1, -0.05) is 12.1 Å². The van der Waals surface area contributed by atoms with E-state index in [1.165, 1.54) is 5.56 Å². The summed E-state index contributed by atoms with van der Waals surface area (Å²) in [6.45, 7) is 5.31. The van der Waals surface area contributed by atoms with E-state index in [0.29, 0.717) is 11.5 Å². The molecule has 1 aliphatic heterocycles. The van der Waals surface area contributed by atoms with Crippen molar-refractivity contribution in [1.82, 2.24) is 25.0 Å². The maximum absolute atomic E-state index is 5.47. The summed E-state index contributed by atoms with van der Waals surface area (Å²) in [6.07, 6.45) is 5.46. The van der Waals surface area contributed by atoms with Crippen LogP contribution in [0.1, 0.15) is 31.2 Å². The molecular formula is C23H26N6O2. The number of aromatic nitrogens is 5. The molecule has 0 aliphatic carbocycles. The number of nitrogens with zero attached hydrogens (tertiary/aromatic N) is 5. The second kappa shape index (κ2) is 7.30. The molecule has 1 saturated heterocycles. The van der Waals surface area contributed by atoms with Gasteiger partial charge in [0.1, 0.15) is 11.5 Å². The highest BCUT2D eigenvalue weighted by Crippen LogP contribution is 2.44. The second-order valence-electron chi connectivity index (χ2n) is 8.10. The molecule has 2 aromatic heterocycles. The van der Waals surface area contributed by atoms with Crippen molar-refractivity contribution in [3.63, 3.8) is 0 Å². The van der Waals surface area contributed by atoms with Crippen molar-refractivity contribution in [2.45, 2.75) is 32.2 Å². The zero-order chi connectivity index (χ0) is 21.6. The fourth-order valence-electron chi connectivity index (χ4n) is 4.66. The van der Waals surface area contributed by atoms with Crippen LogP contribution in [0.3, 0.4) is 0 Å². The molecule has 2 aromatic carbocycles. The molecule has 5 rings (SSSR count). The number of anilines is 1. The Labute approximate surface area is 180 Å². The van der Waals surface area contributed by atoms with Crippen LogP contribution in [0.4, 0.5) is 5.69 Å². The van der Waals surface area contributed by atoms with Crippen molar-refractivity contribution >= 4 is 16.7 Å². The molecule has 3 heterocycles. The number of rotatable bonds is 5. The number of H-pyrrole nitrogens is 1. The average molecular weight is 419 g/mol. The molecule has 8 nitrogen and oxygen atoms in total. The van der Waals surface area contributed by atoms with E-state index < -0.39 is 0 Å². The average Bonchev–Trinajstić information content (AvgIpc) is 3.52. The molecule has 0 bridgehead atoms. The van der Waals surface area contributed by atoms with Gasteiger partial charge in [-0.25, -0.2) is 4.98 Å². The molecule has 1 fully saturated rings. The molecule has 0 spiro atoms. The van der Waals surface area contributed by atoms with Gasteiger partial charge in [-0.15, -0.1) is 4.80 Å². The standard InChI is InChI=1S/C23H26N6O2/c1-15-7-5-8-18(29-24-10-11-25-29)21(15)28-12-6-9-23(28,2)22-26-16-13-19(30-3)20(31-4)14-17(16)27-22/h5,7-8,10-11,13-14H,6,9,12H2,1-4H3,(H,26,27)/t23-/m0/s1. The summed E-state index contributed by atoms with van der Waals surface area (Å²) in [5.74, 6) is 2.29. The Morgan fingerprint density at radius 2 is 1.81 bits per heavy atom. The Hall–Kier alpha value is -3.55. The lowest BCUT2D eigenvalue weighted by molar-refractivity contribution is 0.356. The highest BCUT2D eigenvalue weighted by molar-refractivity contribution is 5.80. The highest BCUT2D eigenvalue weighted by Gasteiger charge is 2.42. The van der Waals surface area contributed by atoms with E-state index in [4.69, 9.17) is 14.5 Å². The summed E-state index contributed by atoms with van der Waals surface area (Å²) in [6, 6.07) is 10.1. The first-order valence-corrected chi connectivity index (χ1v) is 10.4. The van der Waals surface area contributed by atoms with E-state index in [-0.39, 0.29) is 5.54 Å². The van der Waals surface area contributed by atoms with E-state index in [0.717, 1.165) is 47.6 Å². The lowest BCUT2D eigenvalue weighted by atomic mass is 9.96. The van der Waals surface area contributed by atoms with Crippen molar-refractivity contribution in [3.05, 3.63) is 54.1 Å². The van der Waals surface area contributed by atoms with Gasteiger partial charge in [0.15, 0.2) is 11.5 Å². The number of fused-ring (bicyclic) bond motifs is 1. The first kappa shape index (κ1) is 19.4. The van der Waals surface area contributed by atoms with Crippen LogP contribution in [-0.2, 0) is 5.54 Å². The lowest BCUT2D eigenvalue weighted by Crippen LogP contribution is -2.40. The third-order valence-corrected chi connectivity index (χ3v) is 6.26. The van der Waals surface area contributed by atoms with E-state index in [9.17, 15) is 0 Å². The number of imidazole rings is 1. The molecule has 1 atom stereocenters. The van der Waals surface area contributed by atoms with Crippen molar-refractivity contribution < 1.29 is 9.47 Å². The minimum Gasteiger partial charge on any atom is -0.493 e. The largest absolute Gasteiger partial charge is 0.493 e. The molecule has 31 heavy (non-hydrogen) atoms. The SMILES string of the molecule is COc1cc2nc([C@]3(C)CCCN3c3c(C)cccc3-n3nccn3)[nH]c2cc1OC. The maximum Gasteiger partial charge on any atom is 0.163 e. The lowest BCUT2D eigenvalue weighted by Gasteiger charge is -2.37. The normalized spacial score (nSPS) is 18.6. The van der Waals surface area contributed by atoms with Crippen LogP contribution < -0.4 is 14.4 Å². The smallest absolute Gasteiger partial charge is 0.163 e. The predicted molar refractivity (Wildman–Crippen MR) is 119 cm³/mol. The Morgan fingerprint density at radius 3 is 2.55 bits per heavy atom. The Bertz CT molecular complexity index is 1190. The minimum absolute atomic E-state index is 0.298. The van der Waals surface area contributed by atoms with E-state index in [1.54, 1.807) is 31.4 Å². The number of hydrogen-bond donors (Lipinski definition) is 1. The quantitative estimate of drug-likeness (QED) is 0.528. The first-order valence-electron chi connectivity index (χ1n) is 10.4. The Morgan fingerprint density at radius 1 is 1.06 bits per heavy atom. The second-order valence-corrected chi connectivity index (χ2v) is 8.10. The van der Waals surface area contributed by atoms with Gasteiger partial charge in [0.05, 0.1) is 48.9 Å². The summed E-state index contributed by atoms with van der Waals surface area (Å²) >= 11 is 0. The van der Waals surface area contributed by atoms with Gasteiger partial charge in [-0.2, -0.15) is 10.2 Å². The van der Waals surface area contributed by atoms with E-state index >= 15 is 0 Å². The van der Waals surface area contributed by atoms with Gasteiger partial charge in [-0.3, -0.25) is 0 Å². The van der Waals surface area contributed by atoms with Crippen molar-refractivity contribution in [3.8, 4) is 17.2 Å². The number of para-hydroxylation sites is 1. The molecule has 160 valence electrons. The van der Waals surface area contributed by atoms with Gasteiger partial charge in [0.25, 0.3) is 0 Å². The zero-order valence-corrected chi connectivity index (χ0v) is 18.2. The van der Waals surface area contributed by atoms with Crippen LogP contribution in [0.15, 0.2) is 42.7 Å². The molecule has 0 amide bonds. The van der Waals surface area contributed by atoms with Crippen molar-refractivity contribution in [2.75, 3.05) is 25.7 Å². The van der Waals surface area contributed by atoms with Crippen molar-refractivity contribution in [2.24, 2.45) is 0 Å². The summed E-state index contributed by atoms with van der Waals surface area (Å²) in [5.41, 5.74) is 4.78. The van der Waals surface area contributed by atoms with Gasteiger partial charge >= 0.3 is 0 Å². The van der Waals surface area contributed by atoms with Crippen LogP contribution in [0.5, 0.6) is 11.5 Å². The van der Waals surface area contributed by atoms with Crippen LogP contribution in [0.2, 0.25) is 0 Å². The van der Waals surface area contributed by atoms with Crippen LogP contribution in [0, 0.1) is 6.92 Å². The summed E-state index contributed by atoms with van der Waals surface area (Å²) in [4.78, 5) is 12.7. The van der Waals surface area contributed by atoms with Gasteiger partial charge in [-0.05, 0) is 38.3 Å². The number of methoxy groups -OCH3 is 2. The summed E-state index contributed by atoms with van der Waals surface area (Å²) in [5, 5.41) is 8.76. The molecule has 0 radical (unpaired) electrons. The molecule has 8 heteroatoms. The predicted octanol–water partition coefficient (Wildman–Crippen LogP) is 3.98. The van der Waals surface area contributed by atoms with Crippen LogP contribution in [-0.4, -0.2) is 45.7 Å². The number of aromatic amines is 1. The monoisotopic (exact) mass is 418 g/mol. The first-order chi connectivity index (χ1) is 15.0. The zero-order valence-electron chi connectivity index (χ0n) is 18.2. The fraction of sp³-hybridized carbons (Fsp3) is 0.348. The number of ether oxygens (including phenoxy) is 2. The number of nitrogens with one attached hydrogen (secondary N) is 1. The van der Waals surface area contributed by atoms with E-state index in [2.05, 4.69) is 46.1 Å². The van der Waals surface area contributed by atoms with Gasteiger partial charge in [0, 0.05) is 18.7 Å². The molecule has 0 unspecified atom stereocenters. The molecule has 1 aliphatic rings. The molecule has 4 aromatic rings. The topological polar surface area (TPSA) is 81.1 Å². The Balaban J connectivity index is 1.64. The summed E-state index contributed by atoms with van der Waals surface area (Å²) in [7, 11) is 3.28. The molecular weight excluding hydrogens is 392 g/mol. The number of hydrogen-bond acceptors (Lipinski definition) is 6. The highest BCUT2D eigenvalue weighted by atomic mass is 16.5. The number of benzene rings is 2. The third kappa shape index (κ3) is 3.01. The third-order valence-electron chi connectivity index (χ3n) is 6.26. The molecule has 0 saturated carbocycles. The van der Waals surface area contributed by atoms with Crippen LogP contribution >= 0.6 is 0 Å². The maximum atomic E-state index is 5.47. The Kier molecular flexibility index (Phi) is 4.57. The van der Waals surface area contributed by atoms with Gasteiger partial charge in [0.2, 0.25) is 0 Å². The summed E-state index contributed by atoms with van der Waals surface area (Å²) < 4.78 is 10.9. The fourth-order valence-corrected chi connectivity index (χ4v) is 4.66. The van der Waals surface area contributed by atoms with Gasteiger partial charge < -0.3 is 19.4 Å². The van der Waals surface area contributed by atoms with E-state index in [1.807, 2.05) is 18.2 Å². The van der Waals surface area contributed by atoms with Crippen LogP contribution in [0.25, 0.3) is 16.7 Å².